The highest BCUT2D eigenvalue weighted by Crippen LogP contribution is 2.44. The maximum atomic E-state index is 11.8. The Morgan fingerprint density at radius 1 is 1.26 bits per heavy atom. The lowest BCUT2D eigenvalue weighted by atomic mass is 9.93. The number of aliphatic hydroxyl groups excluding tert-OH is 1. The van der Waals surface area contributed by atoms with E-state index in [0.29, 0.717) is 6.42 Å². The average Bonchev–Trinajstić information content (AvgIpc) is 3.00. The number of aliphatic hydroxyl groups is 1. The summed E-state index contributed by atoms with van der Waals surface area (Å²) in [6.07, 6.45) is 4.85. The minimum Gasteiger partial charge on any atom is -0.386 e. The third-order valence-corrected chi connectivity index (χ3v) is 4.37. The number of aromatic nitrogens is 2. The highest BCUT2D eigenvalue weighted by atomic mass is 16.6. The van der Waals surface area contributed by atoms with Crippen LogP contribution in [0.4, 0.5) is 0 Å². The van der Waals surface area contributed by atoms with Crippen LogP contribution in [0.25, 0.3) is 0 Å². The van der Waals surface area contributed by atoms with Gasteiger partial charge in [-0.05, 0) is 24.3 Å². The molecule has 1 aromatic heterocycles. The van der Waals surface area contributed by atoms with Crippen LogP contribution in [0.1, 0.15) is 12.6 Å². The number of nitrogens with one attached hydrogen (secondary N) is 1. The summed E-state index contributed by atoms with van der Waals surface area (Å²) in [5.74, 6) is -0.115. The van der Waals surface area contributed by atoms with Crippen LogP contribution in [0.5, 0.6) is 0 Å². The SMILES string of the molecule is O=C1C=CC2(C=C1)C[C@H]1OC(n3ccc(=O)[nH]c3=O)[C@H](O)[C@H]1O2. The van der Waals surface area contributed by atoms with Gasteiger partial charge in [0, 0.05) is 18.7 Å². The molecule has 0 radical (unpaired) electrons. The minimum absolute atomic E-state index is 0.115. The van der Waals surface area contributed by atoms with E-state index in [4.69, 9.17) is 9.47 Å². The summed E-state index contributed by atoms with van der Waals surface area (Å²) < 4.78 is 12.8. The van der Waals surface area contributed by atoms with Crippen LogP contribution in [0, 0.1) is 0 Å². The molecule has 1 spiro atoms. The highest BCUT2D eigenvalue weighted by Gasteiger charge is 2.55. The zero-order valence-electron chi connectivity index (χ0n) is 11.9. The molecule has 2 fully saturated rings. The molecule has 1 aromatic rings. The first-order chi connectivity index (χ1) is 11.0. The highest BCUT2D eigenvalue weighted by molar-refractivity contribution is 6.00. The predicted octanol–water partition coefficient (Wildman–Crippen LogP) is -0.982. The van der Waals surface area contributed by atoms with Gasteiger partial charge in [-0.1, -0.05) is 0 Å². The molecule has 0 bridgehead atoms. The van der Waals surface area contributed by atoms with Crippen molar-refractivity contribution in [1.82, 2.24) is 9.55 Å². The Labute approximate surface area is 129 Å². The fourth-order valence-electron chi connectivity index (χ4n) is 3.27. The molecule has 23 heavy (non-hydrogen) atoms. The lowest BCUT2D eigenvalue weighted by molar-refractivity contribution is -0.111. The number of nitrogens with zero attached hydrogens (tertiary/aromatic N) is 1. The molecule has 0 aromatic carbocycles. The summed E-state index contributed by atoms with van der Waals surface area (Å²) in [6, 6.07) is 1.19. The van der Waals surface area contributed by atoms with Crippen molar-refractivity contribution >= 4 is 5.78 Å². The Hall–Kier alpha value is -2.29. The maximum absolute atomic E-state index is 11.8. The Balaban J connectivity index is 1.59. The summed E-state index contributed by atoms with van der Waals surface area (Å²) in [6.45, 7) is 0. The molecule has 1 aliphatic carbocycles. The molecule has 2 N–H and O–H groups in total. The van der Waals surface area contributed by atoms with Crippen molar-refractivity contribution in [2.24, 2.45) is 0 Å². The number of ketones is 1. The van der Waals surface area contributed by atoms with Gasteiger partial charge in [-0.2, -0.15) is 0 Å². The Morgan fingerprint density at radius 3 is 2.65 bits per heavy atom. The van der Waals surface area contributed by atoms with Gasteiger partial charge in [0.2, 0.25) is 0 Å². The van der Waals surface area contributed by atoms with E-state index in [2.05, 4.69) is 4.98 Å². The third-order valence-electron chi connectivity index (χ3n) is 4.37. The predicted molar refractivity (Wildman–Crippen MR) is 76.7 cm³/mol. The Kier molecular flexibility index (Phi) is 3.02. The molecule has 4 atom stereocenters. The van der Waals surface area contributed by atoms with Crippen molar-refractivity contribution in [2.45, 2.75) is 36.6 Å². The zero-order chi connectivity index (χ0) is 16.2. The van der Waals surface area contributed by atoms with Gasteiger partial charge in [-0.15, -0.1) is 0 Å². The smallest absolute Gasteiger partial charge is 0.330 e. The standard InChI is InChI=1S/C15H14N2O6/c18-8-1-4-15(5-2-8)7-9-12(23-15)11(20)13(22-9)17-6-3-10(19)16-14(17)21/h1-6,9,11-13,20H,7H2,(H,16,19,21)/t9-,11-,12+,13?/m1/s1. The van der Waals surface area contributed by atoms with Gasteiger partial charge in [0.1, 0.15) is 17.8 Å². The molecule has 3 aliphatic rings. The molecule has 0 amide bonds. The van der Waals surface area contributed by atoms with E-state index in [9.17, 15) is 19.5 Å². The van der Waals surface area contributed by atoms with Crippen LogP contribution >= 0.6 is 0 Å². The molecule has 0 saturated carbocycles. The molecule has 8 nitrogen and oxygen atoms in total. The first-order valence-electron chi connectivity index (χ1n) is 7.23. The molecule has 120 valence electrons. The number of hydrogen-bond donors (Lipinski definition) is 2. The van der Waals surface area contributed by atoms with Gasteiger partial charge in [0.05, 0.1) is 6.10 Å². The quantitative estimate of drug-likeness (QED) is 0.688. The van der Waals surface area contributed by atoms with Crippen LogP contribution < -0.4 is 11.2 Å². The van der Waals surface area contributed by atoms with Crippen molar-refractivity contribution < 1.29 is 19.4 Å². The molecule has 2 saturated heterocycles. The summed E-state index contributed by atoms with van der Waals surface area (Å²) in [4.78, 5) is 36.3. The topological polar surface area (TPSA) is 111 Å². The van der Waals surface area contributed by atoms with E-state index >= 15 is 0 Å². The molecule has 3 heterocycles. The number of hydrogen-bond acceptors (Lipinski definition) is 6. The normalized spacial score (nSPS) is 34.2. The summed E-state index contributed by atoms with van der Waals surface area (Å²) in [7, 11) is 0. The number of H-pyrrole nitrogens is 1. The van der Waals surface area contributed by atoms with Gasteiger partial charge in [-0.3, -0.25) is 19.1 Å². The molecule has 2 aliphatic heterocycles. The van der Waals surface area contributed by atoms with Crippen molar-refractivity contribution in [2.75, 3.05) is 0 Å². The summed E-state index contributed by atoms with van der Waals surface area (Å²) in [5.41, 5.74) is -1.93. The fourth-order valence-corrected chi connectivity index (χ4v) is 3.27. The van der Waals surface area contributed by atoms with Crippen LogP contribution in [-0.2, 0) is 14.3 Å². The van der Waals surface area contributed by atoms with E-state index in [1.807, 2.05) is 0 Å². The molecule has 4 rings (SSSR count). The van der Waals surface area contributed by atoms with Crippen molar-refractivity contribution in [3.05, 3.63) is 57.4 Å². The van der Waals surface area contributed by atoms with Gasteiger partial charge in [0.15, 0.2) is 12.0 Å². The lowest BCUT2D eigenvalue weighted by Crippen LogP contribution is -2.39. The summed E-state index contributed by atoms with van der Waals surface area (Å²) >= 11 is 0. The first-order valence-corrected chi connectivity index (χ1v) is 7.23. The third kappa shape index (κ3) is 2.23. The van der Waals surface area contributed by atoms with Crippen molar-refractivity contribution in [3.63, 3.8) is 0 Å². The van der Waals surface area contributed by atoms with E-state index in [1.165, 1.54) is 24.4 Å². The monoisotopic (exact) mass is 318 g/mol. The molecular formula is C15H14N2O6. The lowest BCUT2D eigenvalue weighted by Gasteiger charge is -2.27. The van der Waals surface area contributed by atoms with Gasteiger partial charge >= 0.3 is 5.69 Å². The maximum Gasteiger partial charge on any atom is 0.330 e. The first kappa shape index (κ1) is 14.3. The van der Waals surface area contributed by atoms with Crippen LogP contribution in [-0.4, -0.2) is 44.4 Å². The second-order valence-electron chi connectivity index (χ2n) is 5.88. The molecule has 8 heteroatoms. The van der Waals surface area contributed by atoms with Gasteiger partial charge < -0.3 is 14.6 Å². The number of ether oxygens (including phenoxy) is 2. The van der Waals surface area contributed by atoms with E-state index < -0.39 is 41.4 Å². The van der Waals surface area contributed by atoms with Crippen LogP contribution in [0.15, 0.2) is 46.2 Å². The summed E-state index contributed by atoms with van der Waals surface area (Å²) in [5, 5.41) is 10.5. The fraction of sp³-hybridized carbons (Fsp3) is 0.400. The number of aromatic amines is 1. The second-order valence-corrected chi connectivity index (χ2v) is 5.88. The number of allylic oxidation sites excluding steroid dienone is 2. The second kappa shape index (κ2) is 4.85. The Bertz CT molecular complexity index is 819. The largest absolute Gasteiger partial charge is 0.386 e. The van der Waals surface area contributed by atoms with Crippen molar-refractivity contribution in [3.8, 4) is 0 Å². The number of carbonyl (C=O) groups excluding carboxylic acids is 1. The van der Waals surface area contributed by atoms with Crippen LogP contribution in [0.3, 0.4) is 0 Å². The van der Waals surface area contributed by atoms with E-state index in [0.717, 1.165) is 4.57 Å². The zero-order valence-corrected chi connectivity index (χ0v) is 11.9. The number of rotatable bonds is 1. The van der Waals surface area contributed by atoms with Gasteiger partial charge in [0.25, 0.3) is 5.56 Å². The van der Waals surface area contributed by atoms with Crippen molar-refractivity contribution in [1.29, 1.82) is 0 Å². The van der Waals surface area contributed by atoms with E-state index in [1.54, 1.807) is 12.2 Å². The molecular weight excluding hydrogens is 304 g/mol. The van der Waals surface area contributed by atoms with Crippen LogP contribution in [0.2, 0.25) is 0 Å². The minimum atomic E-state index is -1.07. The Morgan fingerprint density at radius 2 is 2.00 bits per heavy atom. The number of carbonyl (C=O) groups is 1. The molecule has 1 unspecified atom stereocenters. The number of fused-ring (bicyclic) bond motifs is 1. The average molecular weight is 318 g/mol. The van der Waals surface area contributed by atoms with Gasteiger partial charge in [-0.25, -0.2) is 4.79 Å². The van der Waals surface area contributed by atoms with E-state index in [-0.39, 0.29) is 5.78 Å².